The van der Waals surface area contributed by atoms with Gasteiger partial charge in [-0.25, -0.2) is 4.99 Å². The van der Waals surface area contributed by atoms with Crippen LogP contribution in [0.2, 0.25) is 0 Å². The van der Waals surface area contributed by atoms with Crippen molar-refractivity contribution >= 4 is 35.1 Å². The van der Waals surface area contributed by atoms with Crippen LogP contribution < -0.4 is 0 Å². The Labute approximate surface area is 89.5 Å². The molecule has 0 aromatic carbocycles. The number of aliphatic imine (C=N–C) groups is 2. The molecule has 2 aliphatic rings. The van der Waals surface area contributed by atoms with Crippen molar-refractivity contribution in [3.63, 3.8) is 0 Å². The standard InChI is InChI=1S/C7H6N2.Mg.2H2O.2H/c1-2-4-7-6(3-1)8-5-9-7;;;;;/h1-6H;;2*1H2;;/q;+2;;;2*-1. The van der Waals surface area contributed by atoms with Crippen LogP contribution in [0.3, 0.4) is 0 Å². The van der Waals surface area contributed by atoms with Crippen molar-refractivity contribution in [2.24, 2.45) is 9.98 Å². The van der Waals surface area contributed by atoms with Gasteiger partial charge in [-0.3, -0.25) is 4.99 Å². The zero-order valence-electron chi connectivity index (χ0n) is 8.57. The quantitative estimate of drug-likeness (QED) is 0.435. The van der Waals surface area contributed by atoms with Crippen molar-refractivity contribution in [3.05, 3.63) is 24.3 Å². The molecule has 64 valence electrons. The Morgan fingerprint density at radius 2 is 2.00 bits per heavy atom. The van der Waals surface area contributed by atoms with Crippen LogP contribution in [-0.2, 0) is 0 Å². The Morgan fingerprint density at radius 3 is 2.67 bits per heavy atom. The van der Waals surface area contributed by atoms with E-state index in [-0.39, 0.29) is 42.9 Å². The van der Waals surface area contributed by atoms with Gasteiger partial charge < -0.3 is 13.8 Å². The maximum Gasteiger partial charge on any atom is 2.00 e. The summed E-state index contributed by atoms with van der Waals surface area (Å²) in [6.45, 7) is 0. The molecule has 0 bridgehead atoms. The van der Waals surface area contributed by atoms with Crippen LogP contribution >= 0.6 is 0 Å². The monoisotopic (exact) mass is 180 g/mol. The maximum atomic E-state index is 4.09. The summed E-state index contributed by atoms with van der Waals surface area (Å²) in [5.41, 5.74) is 1.05. The van der Waals surface area contributed by atoms with Crippen molar-refractivity contribution in [2.75, 3.05) is 0 Å². The summed E-state index contributed by atoms with van der Waals surface area (Å²) < 4.78 is 0. The van der Waals surface area contributed by atoms with Crippen LogP contribution in [0.4, 0.5) is 0 Å². The Kier molecular flexibility index (Phi) is 7.11. The number of hydrogen-bond acceptors (Lipinski definition) is 2. The molecule has 1 unspecified atom stereocenters. The zero-order valence-corrected chi connectivity index (χ0v) is 7.98. The van der Waals surface area contributed by atoms with E-state index in [2.05, 4.69) is 9.98 Å². The van der Waals surface area contributed by atoms with Gasteiger partial charge in [-0.15, -0.1) is 0 Å². The molecule has 4 nitrogen and oxygen atoms in total. The second-order valence-corrected chi connectivity index (χ2v) is 2.01. The summed E-state index contributed by atoms with van der Waals surface area (Å²) in [5, 5.41) is 0. The zero-order chi connectivity index (χ0) is 6.10. The number of nitrogens with zero attached hydrogens (tertiary/aromatic N) is 2. The summed E-state index contributed by atoms with van der Waals surface area (Å²) in [5.74, 6) is 0. The number of allylic oxidation sites excluding steroid dienone is 2. The topological polar surface area (TPSA) is 87.7 Å². The van der Waals surface area contributed by atoms with E-state index in [4.69, 9.17) is 0 Å². The molecule has 1 atom stereocenters. The predicted molar refractivity (Wildman–Crippen MR) is 53.2 cm³/mol. The van der Waals surface area contributed by atoms with E-state index in [0.29, 0.717) is 0 Å². The predicted octanol–water partition coefficient (Wildman–Crippen LogP) is -0.841. The summed E-state index contributed by atoms with van der Waals surface area (Å²) in [4.78, 5) is 8.14. The third kappa shape index (κ3) is 2.52. The summed E-state index contributed by atoms with van der Waals surface area (Å²) in [6, 6.07) is 0.218. The summed E-state index contributed by atoms with van der Waals surface area (Å²) in [6.07, 6.45) is 9.59. The maximum absolute atomic E-state index is 4.09. The average Bonchev–Trinajstić information content (AvgIpc) is 2.33. The molecule has 5 heteroatoms. The van der Waals surface area contributed by atoms with E-state index in [1.54, 1.807) is 6.34 Å². The second kappa shape index (κ2) is 6.07. The third-order valence-electron chi connectivity index (χ3n) is 1.41. The van der Waals surface area contributed by atoms with Gasteiger partial charge in [0.15, 0.2) is 0 Å². The smallest absolute Gasteiger partial charge is 1.00 e. The third-order valence-corrected chi connectivity index (χ3v) is 1.41. The SMILES string of the molecule is C1=CC2=NC=NC2C=C1.O.O.[H-].[H-].[Mg+2]. The van der Waals surface area contributed by atoms with Crippen molar-refractivity contribution in [1.82, 2.24) is 0 Å². The minimum absolute atomic E-state index is 0. The molecule has 2 rings (SSSR count). The van der Waals surface area contributed by atoms with Gasteiger partial charge in [0, 0.05) is 0 Å². The molecule has 0 aromatic rings. The first-order valence-corrected chi connectivity index (χ1v) is 2.91. The number of rotatable bonds is 0. The number of hydrogen-bond donors (Lipinski definition) is 0. The van der Waals surface area contributed by atoms with Gasteiger partial charge in [-0.1, -0.05) is 18.2 Å². The van der Waals surface area contributed by atoms with Crippen molar-refractivity contribution < 1.29 is 13.8 Å². The van der Waals surface area contributed by atoms with Crippen molar-refractivity contribution in [1.29, 1.82) is 0 Å². The molecule has 0 saturated heterocycles. The van der Waals surface area contributed by atoms with Crippen LogP contribution in [0.1, 0.15) is 2.85 Å². The minimum atomic E-state index is 0. The summed E-state index contributed by atoms with van der Waals surface area (Å²) >= 11 is 0. The Bertz CT molecular complexity index is 254. The van der Waals surface area contributed by atoms with Gasteiger partial charge in [-0.05, 0) is 6.08 Å². The van der Waals surface area contributed by atoms with E-state index in [0.717, 1.165) is 5.71 Å². The van der Waals surface area contributed by atoms with E-state index < -0.39 is 0 Å². The minimum Gasteiger partial charge on any atom is -1.00 e. The first kappa shape index (κ1) is 14.1. The summed E-state index contributed by atoms with van der Waals surface area (Å²) in [7, 11) is 0. The molecular formula is C7H12MgN2O2. The van der Waals surface area contributed by atoms with Gasteiger partial charge in [0.05, 0.1) is 5.71 Å². The molecule has 0 aromatic heterocycles. The van der Waals surface area contributed by atoms with Crippen molar-refractivity contribution in [2.45, 2.75) is 6.04 Å². The van der Waals surface area contributed by atoms with Crippen LogP contribution in [0.25, 0.3) is 0 Å². The molecule has 12 heavy (non-hydrogen) atoms. The average molecular weight is 180 g/mol. The second-order valence-electron chi connectivity index (χ2n) is 2.01. The van der Waals surface area contributed by atoms with Crippen molar-refractivity contribution in [3.8, 4) is 0 Å². The molecule has 0 amide bonds. The fourth-order valence-corrected chi connectivity index (χ4v) is 0.938. The van der Waals surface area contributed by atoms with Crippen LogP contribution in [0.15, 0.2) is 34.3 Å². The van der Waals surface area contributed by atoms with Crippen LogP contribution in [0, 0.1) is 0 Å². The van der Waals surface area contributed by atoms with Gasteiger partial charge >= 0.3 is 23.1 Å². The normalized spacial score (nSPS) is 21.3. The van der Waals surface area contributed by atoms with E-state index in [1.165, 1.54) is 0 Å². The first-order chi connectivity index (χ1) is 4.47. The van der Waals surface area contributed by atoms with E-state index in [9.17, 15) is 0 Å². The van der Waals surface area contributed by atoms with Crippen LogP contribution in [0.5, 0.6) is 0 Å². The van der Waals surface area contributed by atoms with Crippen LogP contribution in [-0.4, -0.2) is 52.1 Å². The molecule has 0 spiro atoms. The molecule has 1 heterocycles. The van der Waals surface area contributed by atoms with Gasteiger partial charge in [0.2, 0.25) is 0 Å². The molecule has 4 N–H and O–H groups in total. The first-order valence-electron chi connectivity index (χ1n) is 2.91. The molecule has 0 fully saturated rings. The molecular weight excluding hydrogens is 168 g/mol. The molecule has 0 saturated carbocycles. The number of fused-ring (bicyclic) bond motifs is 1. The fourth-order valence-electron chi connectivity index (χ4n) is 0.938. The van der Waals surface area contributed by atoms with E-state index >= 15 is 0 Å². The fraction of sp³-hybridized carbons (Fsp3) is 0.143. The Balaban J connectivity index is -0.0000001000. The molecule has 1 aliphatic heterocycles. The Morgan fingerprint density at radius 1 is 1.25 bits per heavy atom. The largest absolute Gasteiger partial charge is 2.00 e. The van der Waals surface area contributed by atoms with Gasteiger partial charge in [0.1, 0.15) is 12.4 Å². The Hall–Kier alpha value is -0.494. The van der Waals surface area contributed by atoms with Gasteiger partial charge in [0.25, 0.3) is 0 Å². The molecule has 1 aliphatic carbocycles. The molecule has 0 radical (unpaired) electrons. The van der Waals surface area contributed by atoms with E-state index in [1.807, 2.05) is 24.3 Å². The van der Waals surface area contributed by atoms with Gasteiger partial charge in [-0.2, -0.15) is 0 Å².